The maximum absolute atomic E-state index is 14.0. The van der Waals surface area contributed by atoms with Crippen molar-refractivity contribution >= 4 is 40.4 Å². The van der Waals surface area contributed by atoms with Crippen LogP contribution in [0, 0.1) is 0 Å². The minimum Gasteiger partial charge on any atom is -0.490 e. The van der Waals surface area contributed by atoms with Gasteiger partial charge in [0.15, 0.2) is 11.5 Å². The summed E-state index contributed by atoms with van der Waals surface area (Å²) in [5.41, 5.74) is 1.71. The number of thiophene rings is 1. The molecule has 1 N–H and O–H groups in total. The number of carbonyl (C=O) groups excluding carboxylic acids is 2. The van der Waals surface area contributed by atoms with E-state index in [2.05, 4.69) is 5.32 Å². The first-order valence-electron chi connectivity index (χ1n) is 11.5. The zero-order valence-corrected chi connectivity index (χ0v) is 21.4. The number of anilines is 1. The van der Waals surface area contributed by atoms with E-state index < -0.39 is 6.04 Å². The quantitative estimate of drug-likeness (QED) is 0.412. The van der Waals surface area contributed by atoms with Crippen LogP contribution in [-0.4, -0.2) is 43.1 Å². The van der Waals surface area contributed by atoms with Crippen molar-refractivity contribution < 1.29 is 23.8 Å². The van der Waals surface area contributed by atoms with Gasteiger partial charge in [-0.25, -0.2) is 0 Å². The first-order chi connectivity index (χ1) is 17.0. The smallest absolute Gasteiger partial charge is 0.255 e. The number of fused-ring (bicyclic) bond motifs is 1. The van der Waals surface area contributed by atoms with Gasteiger partial charge in [-0.1, -0.05) is 17.7 Å². The molecular weight excluding hydrogens is 488 g/mol. The van der Waals surface area contributed by atoms with E-state index in [1.54, 1.807) is 35.2 Å². The standard InChI is InChI=1S/C26H27ClN2O5S/c1-4-32-20-12-16(13-21(33-5-2)25(20)34-6-3)26(31)29-15-23(30)28-19-10-9-17(27)14-18(19)24(29)22-8-7-11-35-22/h7-14,24H,4-6,15H2,1-3H3,(H,28,30). The van der Waals surface area contributed by atoms with Crippen molar-refractivity contribution in [3.05, 3.63) is 68.9 Å². The number of hydrogen-bond donors (Lipinski definition) is 1. The highest BCUT2D eigenvalue weighted by atomic mass is 35.5. The third-order valence-corrected chi connectivity index (χ3v) is 6.60. The molecule has 1 atom stereocenters. The topological polar surface area (TPSA) is 77.1 Å². The molecule has 1 aliphatic heterocycles. The SMILES string of the molecule is CCOc1cc(C(=O)N2CC(=O)Nc3ccc(Cl)cc3C2c2cccs2)cc(OCC)c1OCC. The number of ether oxygens (including phenoxy) is 3. The highest BCUT2D eigenvalue weighted by molar-refractivity contribution is 7.10. The molecule has 1 unspecified atom stereocenters. The van der Waals surface area contributed by atoms with Crippen molar-refractivity contribution in [3.8, 4) is 17.2 Å². The molecule has 3 aromatic rings. The van der Waals surface area contributed by atoms with Gasteiger partial charge >= 0.3 is 0 Å². The second-order valence-corrected chi connectivity index (χ2v) is 9.15. The fourth-order valence-electron chi connectivity index (χ4n) is 4.10. The van der Waals surface area contributed by atoms with E-state index >= 15 is 0 Å². The molecule has 9 heteroatoms. The van der Waals surface area contributed by atoms with Crippen LogP contribution in [0.15, 0.2) is 47.8 Å². The van der Waals surface area contributed by atoms with E-state index in [9.17, 15) is 9.59 Å². The Kier molecular flexibility index (Phi) is 7.83. The Bertz CT molecular complexity index is 1190. The van der Waals surface area contributed by atoms with Gasteiger partial charge in [-0.3, -0.25) is 9.59 Å². The van der Waals surface area contributed by atoms with Gasteiger partial charge in [0.1, 0.15) is 6.54 Å². The molecule has 0 spiro atoms. The van der Waals surface area contributed by atoms with E-state index in [1.165, 1.54) is 11.3 Å². The lowest BCUT2D eigenvalue weighted by atomic mass is 10.0. The minimum absolute atomic E-state index is 0.130. The molecule has 0 saturated carbocycles. The van der Waals surface area contributed by atoms with Crippen LogP contribution in [-0.2, 0) is 4.79 Å². The van der Waals surface area contributed by atoms with Crippen LogP contribution in [0.2, 0.25) is 5.02 Å². The van der Waals surface area contributed by atoms with Crippen molar-refractivity contribution in [1.82, 2.24) is 4.90 Å². The predicted molar refractivity (Wildman–Crippen MR) is 137 cm³/mol. The molecule has 2 aromatic carbocycles. The van der Waals surface area contributed by atoms with Crippen LogP contribution in [0.5, 0.6) is 17.2 Å². The lowest BCUT2D eigenvalue weighted by Crippen LogP contribution is -2.38. The molecule has 184 valence electrons. The van der Waals surface area contributed by atoms with Crippen molar-refractivity contribution in [2.45, 2.75) is 26.8 Å². The summed E-state index contributed by atoms with van der Waals surface area (Å²) in [6.45, 7) is 6.65. The molecule has 0 saturated heterocycles. The molecule has 7 nitrogen and oxygen atoms in total. The number of amides is 2. The fraction of sp³-hybridized carbons (Fsp3) is 0.308. The van der Waals surface area contributed by atoms with Crippen LogP contribution in [0.3, 0.4) is 0 Å². The van der Waals surface area contributed by atoms with E-state index in [1.807, 2.05) is 38.3 Å². The molecule has 4 rings (SSSR count). The Labute approximate surface area is 213 Å². The van der Waals surface area contributed by atoms with Crippen molar-refractivity contribution in [3.63, 3.8) is 0 Å². The summed E-state index contributed by atoms with van der Waals surface area (Å²) in [7, 11) is 0. The summed E-state index contributed by atoms with van der Waals surface area (Å²) in [6.07, 6.45) is 0. The molecule has 2 amide bonds. The first kappa shape index (κ1) is 24.9. The van der Waals surface area contributed by atoms with Crippen molar-refractivity contribution in [2.24, 2.45) is 0 Å². The number of rotatable bonds is 8. The van der Waals surface area contributed by atoms with Crippen LogP contribution in [0.25, 0.3) is 0 Å². The molecule has 1 aliphatic rings. The van der Waals surface area contributed by atoms with Crippen LogP contribution in [0.4, 0.5) is 5.69 Å². The Morgan fingerprint density at radius 2 is 1.74 bits per heavy atom. The van der Waals surface area contributed by atoms with Crippen LogP contribution < -0.4 is 19.5 Å². The highest BCUT2D eigenvalue weighted by Crippen LogP contribution is 2.42. The number of carbonyl (C=O) groups is 2. The number of nitrogens with zero attached hydrogens (tertiary/aromatic N) is 1. The van der Waals surface area contributed by atoms with E-state index in [0.717, 1.165) is 10.4 Å². The summed E-state index contributed by atoms with van der Waals surface area (Å²) >= 11 is 7.85. The maximum atomic E-state index is 14.0. The number of nitrogens with one attached hydrogen (secondary N) is 1. The number of benzene rings is 2. The molecule has 0 bridgehead atoms. The minimum atomic E-state index is -0.507. The lowest BCUT2D eigenvalue weighted by Gasteiger charge is -2.30. The zero-order chi connectivity index (χ0) is 24.9. The van der Waals surface area contributed by atoms with Gasteiger partial charge in [-0.05, 0) is 62.5 Å². The summed E-state index contributed by atoms with van der Waals surface area (Å²) in [5, 5.41) is 5.38. The first-order valence-corrected chi connectivity index (χ1v) is 12.7. The van der Waals surface area contributed by atoms with Gasteiger partial charge < -0.3 is 24.4 Å². The highest BCUT2D eigenvalue weighted by Gasteiger charge is 2.35. The Hall–Kier alpha value is -3.23. The van der Waals surface area contributed by atoms with Gasteiger partial charge in [0.2, 0.25) is 11.7 Å². The van der Waals surface area contributed by atoms with E-state index in [0.29, 0.717) is 53.3 Å². The van der Waals surface area contributed by atoms with Gasteiger partial charge in [0.05, 0.1) is 25.9 Å². The fourth-order valence-corrected chi connectivity index (χ4v) is 5.13. The third kappa shape index (κ3) is 5.23. The largest absolute Gasteiger partial charge is 0.490 e. The summed E-state index contributed by atoms with van der Waals surface area (Å²) < 4.78 is 17.4. The number of halogens is 1. The molecule has 0 radical (unpaired) electrons. The zero-order valence-electron chi connectivity index (χ0n) is 19.8. The third-order valence-electron chi connectivity index (χ3n) is 5.44. The Morgan fingerprint density at radius 3 is 2.34 bits per heavy atom. The normalized spacial score (nSPS) is 15.1. The van der Waals surface area contributed by atoms with Crippen molar-refractivity contribution in [2.75, 3.05) is 31.7 Å². The predicted octanol–water partition coefficient (Wildman–Crippen LogP) is 5.78. The summed E-state index contributed by atoms with van der Waals surface area (Å²) in [5.74, 6) is 0.657. The number of hydrogen-bond acceptors (Lipinski definition) is 6. The molecule has 0 aliphatic carbocycles. The average molecular weight is 515 g/mol. The van der Waals surface area contributed by atoms with E-state index in [4.69, 9.17) is 25.8 Å². The molecule has 2 heterocycles. The Morgan fingerprint density at radius 1 is 1.06 bits per heavy atom. The van der Waals surface area contributed by atoms with E-state index in [-0.39, 0.29) is 18.4 Å². The Balaban J connectivity index is 1.85. The maximum Gasteiger partial charge on any atom is 0.255 e. The summed E-state index contributed by atoms with van der Waals surface area (Å²) in [4.78, 5) is 29.4. The lowest BCUT2D eigenvalue weighted by molar-refractivity contribution is -0.117. The second-order valence-electron chi connectivity index (χ2n) is 7.73. The second kappa shape index (κ2) is 11.0. The summed E-state index contributed by atoms with van der Waals surface area (Å²) in [6, 6.07) is 11.9. The molecule has 1 aromatic heterocycles. The van der Waals surface area contributed by atoms with Gasteiger partial charge in [-0.2, -0.15) is 0 Å². The average Bonchev–Trinajstić information content (AvgIpc) is 3.31. The van der Waals surface area contributed by atoms with Gasteiger partial charge in [0.25, 0.3) is 5.91 Å². The van der Waals surface area contributed by atoms with Crippen LogP contribution >= 0.6 is 22.9 Å². The molecular formula is C26H27ClN2O5S. The monoisotopic (exact) mass is 514 g/mol. The van der Waals surface area contributed by atoms with Gasteiger partial charge in [-0.15, -0.1) is 11.3 Å². The van der Waals surface area contributed by atoms with Gasteiger partial charge in [0, 0.05) is 26.7 Å². The molecule has 35 heavy (non-hydrogen) atoms. The van der Waals surface area contributed by atoms with Crippen molar-refractivity contribution in [1.29, 1.82) is 0 Å². The van der Waals surface area contributed by atoms with Crippen LogP contribution in [0.1, 0.15) is 47.6 Å². The molecule has 0 fully saturated rings.